The van der Waals surface area contributed by atoms with Crippen LogP contribution in [0.1, 0.15) is 6.92 Å². The number of nitrogens with one attached hydrogen (secondary N) is 1. The lowest BCUT2D eigenvalue weighted by Crippen LogP contribution is -2.40. The summed E-state index contributed by atoms with van der Waals surface area (Å²) in [5.41, 5.74) is 0.980. The molecule has 0 saturated heterocycles. The van der Waals surface area contributed by atoms with E-state index in [1.54, 1.807) is 12.4 Å². The summed E-state index contributed by atoms with van der Waals surface area (Å²) in [4.78, 5) is 15.5. The number of rotatable bonds is 6. The van der Waals surface area contributed by atoms with Gasteiger partial charge in [0.05, 0.1) is 6.54 Å². The van der Waals surface area contributed by atoms with Crippen LogP contribution in [-0.4, -0.2) is 33.2 Å². The molecule has 1 heterocycles. The molecular formula is C14H17N3O2. The van der Waals surface area contributed by atoms with E-state index < -0.39 is 12.0 Å². The topological polar surface area (TPSA) is 67.2 Å². The first-order valence-corrected chi connectivity index (χ1v) is 6.25. The summed E-state index contributed by atoms with van der Waals surface area (Å²) in [6.07, 6.45) is 3.49. The number of imidazole rings is 1. The Bertz CT molecular complexity index is 537. The number of aliphatic carboxylic acids is 1. The third-order valence-corrected chi connectivity index (χ3v) is 2.88. The highest BCUT2D eigenvalue weighted by atomic mass is 16.4. The lowest BCUT2D eigenvalue weighted by Gasteiger charge is -2.15. The van der Waals surface area contributed by atoms with Crippen LogP contribution in [0.2, 0.25) is 0 Å². The molecule has 1 aromatic carbocycles. The predicted molar refractivity (Wildman–Crippen MR) is 72.8 cm³/mol. The zero-order valence-corrected chi connectivity index (χ0v) is 10.8. The minimum atomic E-state index is -0.852. The van der Waals surface area contributed by atoms with Gasteiger partial charge in [-0.3, -0.25) is 4.79 Å². The van der Waals surface area contributed by atoms with Crippen LogP contribution in [0.4, 0.5) is 0 Å². The average molecular weight is 259 g/mol. The second-order valence-electron chi connectivity index (χ2n) is 4.22. The van der Waals surface area contributed by atoms with Crippen molar-refractivity contribution in [2.75, 3.05) is 6.54 Å². The van der Waals surface area contributed by atoms with E-state index in [0.29, 0.717) is 13.1 Å². The van der Waals surface area contributed by atoms with E-state index in [2.05, 4.69) is 10.3 Å². The summed E-state index contributed by atoms with van der Waals surface area (Å²) in [5.74, 6) is -0.0701. The van der Waals surface area contributed by atoms with E-state index >= 15 is 0 Å². The van der Waals surface area contributed by atoms with Crippen molar-refractivity contribution in [2.24, 2.45) is 0 Å². The third-order valence-electron chi connectivity index (χ3n) is 2.88. The molecule has 0 aliphatic carbocycles. The van der Waals surface area contributed by atoms with Crippen molar-refractivity contribution in [3.63, 3.8) is 0 Å². The van der Waals surface area contributed by atoms with E-state index in [1.807, 2.05) is 41.8 Å². The SMILES string of the molecule is CCNC(Cn1ccnc1-c1ccccc1)C(=O)O. The van der Waals surface area contributed by atoms with Crippen LogP contribution < -0.4 is 5.32 Å². The van der Waals surface area contributed by atoms with Crippen molar-refractivity contribution in [2.45, 2.75) is 19.5 Å². The Morgan fingerprint density at radius 3 is 2.79 bits per heavy atom. The first-order valence-electron chi connectivity index (χ1n) is 6.25. The van der Waals surface area contributed by atoms with Crippen molar-refractivity contribution < 1.29 is 9.90 Å². The standard InChI is InChI=1S/C14H17N3O2/c1-2-15-12(14(18)19)10-17-9-8-16-13(17)11-6-4-3-5-7-11/h3-9,12,15H,2,10H2,1H3,(H,18,19). The number of nitrogens with zero attached hydrogens (tertiary/aromatic N) is 2. The molecule has 1 atom stereocenters. The molecule has 0 radical (unpaired) electrons. The summed E-state index contributed by atoms with van der Waals surface area (Å²) in [5, 5.41) is 12.1. The molecule has 0 bridgehead atoms. The smallest absolute Gasteiger partial charge is 0.322 e. The summed E-state index contributed by atoms with van der Waals surface area (Å²) >= 11 is 0. The zero-order valence-electron chi connectivity index (χ0n) is 10.8. The molecule has 2 N–H and O–H groups in total. The zero-order chi connectivity index (χ0) is 13.7. The van der Waals surface area contributed by atoms with Gasteiger partial charge in [0.2, 0.25) is 0 Å². The maximum absolute atomic E-state index is 11.2. The fourth-order valence-electron chi connectivity index (χ4n) is 1.98. The monoisotopic (exact) mass is 259 g/mol. The van der Waals surface area contributed by atoms with Crippen LogP contribution in [0, 0.1) is 0 Å². The van der Waals surface area contributed by atoms with E-state index in [1.165, 1.54) is 0 Å². The quantitative estimate of drug-likeness (QED) is 0.827. The minimum absolute atomic E-state index is 0.355. The molecule has 100 valence electrons. The molecular weight excluding hydrogens is 242 g/mol. The van der Waals surface area contributed by atoms with Crippen molar-refractivity contribution in [3.8, 4) is 11.4 Å². The van der Waals surface area contributed by atoms with Crippen molar-refractivity contribution in [1.82, 2.24) is 14.9 Å². The molecule has 0 saturated carbocycles. The number of carboxylic acids is 1. The van der Waals surface area contributed by atoms with Gasteiger partial charge in [-0.25, -0.2) is 4.98 Å². The van der Waals surface area contributed by atoms with E-state index in [0.717, 1.165) is 11.4 Å². The molecule has 1 unspecified atom stereocenters. The van der Waals surface area contributed by atoms with Crippen molar-refractivity contribution >= 4 is 5.97 Å². The molecule has 0 aliphatic heterocycles. The highest BCUT2D eigenvalue weighted by Crippen LogP contribution is 2.17. The van der Waals surface area contributed by atoms with Crippen LogP contribution >= 0.6 is 0 Å². The first-order chi connectivity index (χ1) is 9.22. The van der Waals surface area contributed by atoms with Gasteiger partial charge in [0.15, 0.2) is 0 Å². The Morgan fingerprint density at radius 1 is 1.42 bits per heavy atom. The fourth-order valence-corrected chi connectivity index (χ4v) is 1.98. The van der Waals surface area contributed by atoms with Crippen LogP contribution in [0.3, 0.4) is 0 Å². The van der Waals surface area contributed by atoms with Crippen molar-refractivity contribution in [3.05, 3.63) is 42.7 Å². The van der Waals surface area contributed by atoms with Crippen LogP contribution in [0.25, 0.3) is 11.4 Å². The summed E-state index contributed by atoms with van der Waals surface area (Å²) < 4.78 is 1.86. The normalized spacial score (nSPS) is 12.3. The van der Waals surface area contributed by atoms with Gasteiger partial charge in [0, 0.05) is 18.0 Å². The lowest BCUT2D eigenvalue weighted by molar-refractivity contribution is -0.139. The van der Waals surface area contributed by atoms with Crippen LogP contribution in [0.5, 0.6) is 0 Å². The summed E-state index contributed by atoms with van der Waals surface area (Å²) in [6.45, 7) is 2.86. The molecule has 19 heavy (non-hydrogen) atoms. The fraction of sp³-hybridized carbons (Fsp3) is 0.286. The maximum atomic E-state index is 11.2. The van der Waals surface area contributed by atoms with Gasteiger partial charge < -0.3 is 15.0 Å². The largest absolute Gasteiger partial charge is 0.480 e. The molecule has 2 aromatic rings. The number of carbonyl (C=O) groups is 1. The molecule has 0 fully saturated rings. The number of likely N-dealkylation sites (N-methyl/N-ethyl adjacent to an activating group) is 1. The molecule has 0 amide bonds. The first kappa shape index (κ1) is 13.3. The molecule has 5 heteroatoms. The van der Waals surface area contributed by atoms with Crippen LogP contribution in [0.15, 0.2) is 42.7 Å². The number of hydrogen-bond acceptors (Lipinski definition) is 3. The van der Waals surface area contributed by atoms with Gasteiger partial charge >= 0.3 is 5.97 Å². The van der Waals surface area contributed by atoms with Crippen molar-refractivity contribution in [1.29, 1.82) is 0 Å². The second kappa shape index (κ2) is 6.15. The Hall–Kier alpha value is -2.14. The number of carboxylic acid groups (broad SMARTS) is 1. The molecule has 1 aromatic heterocycles. The van der Waals surface area contributed by atoms with Gasteiger partial charge in [-0.15, -0.1) is 0 Å². The highest BCUT2D eigenvalue weighted by molar-refractivity contribution is 5.73. The Morgan fingerprint density at radius 2 is 2.16 bits per heavy atom. The third kappa shape index (κ3) is 3.20. The van der Waals surface area contributed by atoms with Gasteiger partial charge in [0.1, 0.15) is 11.9 Å². The van der Waals surface area contributed by atoms with E-state index in [9.17, 15) is 4.79 Å². The van der Waals surface area contributed by atoms with Gasteiger partial charge in [0.25, 0.3) is 0 Å². The van der Waals surface area contributed by atoms with Gasteiger partial charge in [-0.05, 0) is 6.54 Å². The summed E-state index contributed by atoms with van der Waals surface area (Å²) in [7, 11) is 0. The Kier molecular flexibility index (Phi) is 4.30. The maximum Gasteiger partial charge on any atom is 0.322 e. The Labute approximate surface area is 111 Å². The van der Waals surface area contributed by atoms with E-state index in [-0.39, 0.29) is 0 Å². The minimum Gasteiger partial charge on any atom is -0.480 e. The number of benzene rings is 1. The summed E-state index contributed by atoms with van der Waals surface area (Å²) in [6, 6.07) is 9.13. The van der Waals surface area contributed by atoms with Gasteiger partial charge in [-0.2, -0.15) is 0 Å². The number of aromatic nitrogens is 2. The average Bonchev–Trinajstić information content (AvgIpc) is 2.87. The van der Waals surface area contributed by atoms with E-state index in [4.69, 9.17) is 5.11 Å². The highest BCUT2D eigenvalue weighted by Gasteiger charge is 2.18. The predicted octanol–water partition coefficient (Wildman–Crippen LogP) is 1.61. The Balaban J connectivity index is 2.22. The second-order valence-corrected chi connectivity index (χ2v) is 4.22. The molecule has 0 aliphatic rings. The molecule has 2 rings (SSSR count). The van der Waals surface area contributed by atoms with Gasteiger partial charge in [-0.1, -0.05) is 37.3 Å². The molecule has 5 nitrogen and oxygen atoms in total. The van der Waals surface area contributed by atoms with Crippen LogP contribution in [-0.2, 0) is 11.3 Å². The number of hydrogen-bond donors (Lipinski definition) is 2. The molecule has 0 spiro atoms. The lowest BCUT2D eigenvalue weighted by atomic mass is 10.2.